The van der Waals surface area contributed by atoms with Crippen molar-refractivity contribution in [1.29, 1.82) is 0 Å². The molecule has 0 spiro atoms. The summed E-state index contributed by atoms with van der Waals surface area (Å²) in [5, 5.41) is 2.86. The van der Waals surface area contributed by atoms with Crippen LogP contribution in [-0.2, 0) is 9.59 Å². The molecule has 0 aromatic rings. The predicted octanol–water partition coefficient (Wildman–Crippen LogP) is 3.21. The van der Waals surface area contributed by atoms with Gasteiger partial charge in [-0.05, 0) is 37.5 Å². The van der Waals surface area contributed by atoms with E-state index in [4.69, 9.17) is 23.2 Å². The lowest BCUT2D eigenvalue weighted by atomic mass is 9.95. The van der Waals surface area contributed by atoms with E-state index in [0.29, 0.717) is 30.4 Å². The van der Waals surface area contributed by atoms with E-state index in [1.807, 2.05) is 0 Å². The average molecular weight is 316 g/mol. The van der Waals surface area contributed by atoms with Crippen LogP contribution in [0.1, 0.15) is 40.5 Å². The molecule has 5 heteroatoms. The van der Waals surface area contributed by atoms with Crippen LogP contribution < -0.4 is 5.32 Å². The molecule has 0 radical (unpaired) electrons. The average Bonchev–Trinajstić information content (AvgIpc) is 2.92. The number of hydrogen-bond acceptors (Lipinski definition) is 2. The lowest BCUT2D eigenvalue weighted by molar-refractivity contribution is -0.125. The molecule has 3 nitrogen and oxygen atoms in total. The van der Waals surface area contributed by atoms with E-state index < -0.39 is 9.75 Å². The third kappa shape index (κ3) is 1.72. The third-order valence-electron chi connectivity index (χ3n) is 5.53. The van der Waals surface area contributed by atoms with Crippen molar-refractivity contribution in [2.24, 2.45) is 22.7 Å². The second-order valence-corrected chi connectivity index (χ2v) is 8.72. The van der Waals surface area contributed by atoms with Crippen molar-refractivity contribution in [2.45, 2.75) is 44.9 Å². The van der Waals surface area contributed by atoms with Crippen LogP contribution in [0.4, 0.5) is 0 Å². The van der Waals surface area contributed by atoms with Crippen molar-refractivity contribution < 1.29 is 9.59 Å². The maximum Gasteiger partial charge on any atom is 0.233 e. The standard InChI is InChI=1S/C15H19Cl2NO2/c1-7(18-12(20)14(4)6-15(14,16)17)10-9(19)5-8-11(10)13(8,2)3/h8,11H,5-6H2,1-4H3,(H,18,20)/t8-,11-,14?/m1/s1. The minimum atomic E-state index is -0.983. The first-order chi connectivity index (χ1) is 9.02. The summed E-state index contributed by atoms with van der Waals surface area (Å²) in [5.41, 5.74) is 0.905. The number of rotatable bonds is 2. The van der Waals surface area contributed by atoms with Gasteiger partial charge in [-0.2, -0.15) is 0 Å². The molecule has 3 rings (SSSR count). The van der Waals surface area contributed by atoms with Crippen LogP contribution in [0.3, 0.4) is 0 Å². The number of alkyl halides is 2. The number of halogens is 2. The van der Waals surface area contributed by atoms with Gasteiger partial charge in [-0.3, -0.25) is 9.59 Å². The minimum Gasteiger partial charge on any atom is -0.329 e. The monoisotopic (exact) mass is 315 g/mol. The Morgan fingerprint density at radius 3 is 2.30 bits per heavy atom. The zero-order valence-electron chi connectivity index (χ0n) is 12.1. The van der Waals surface area contributed by atoms with Gasteiger partial charge in [0.15, 0.2) is 5.78 Å². The van der Waals surface area contributed by atoms with Gasteiger partial charge >= 0.3 is 0 Å². The number of ketones is 1. The van der Waals surface area contributed by atoms with Crippen LogP contribution in [0.2, 0.25) is 0 Å². The smallest absolute Gasteiger partial charge is 0.233 e. The van der Waals surface area contributed by atoms with E-state index >= 15 is 0 Å². The maximum absolute atomic E-state index is 12.3. The van der Waals surface area contributed by atoms with Crippen molar-refractivity contribution in [3.8, 4) is 0 Å². The molecule has 1 amide bonds. The molecule has 3 aliphatic carbocycles. The number of carbonyl (C=O) groups excluding carboxylic acids is 2. The van der Waals surface area contributed by atoms with Gasteiger partial charge < -0.3 is 5.32 Å². The number of allylic oxidation sites excluding steroid dienone is 2. The Morgan fingerprint density at radius 2 is 1.85 bits per heavy atom. The Bertz CT molecular complexity index is 564. The SMILES string of the molecule is CC(NC(=O)C1(C)CC1(Cl)Cl)=C1C(=O)C[C@@H]2[C@H]1C2(C)C. The second-order valence-electron chi connectivity index (χ2n) is 7.24. The lowest BCUT2D eigenvalue weighted by Crippen LogP contribution is -2.33. The van der Waals surface area contributed by atoms with E-state index in [9.17, 15) is 9.59 Å². The summed E-state index contributed by atoms with van der Waals surface area (Å²) < 4.78 is -0.983. The Morgan fingerprint density at radius 1 is 1.30 bits per heavy atom. The van der Waals surface area contributed by atoms with Gasteiger partial charge in [0.1, 0.15) is 4.33 Å². The molecule has 3 aliphatic rings. The number of carbonyl (C=O) groups is 2. The van der Waals surface area contributed by atoms with Gasteiger partial charge in [0.25, 0.3) is 0 Å². The molecule has 0 bridgehead atoms. The molecule has 1 N–H and O–H groups in total. The minimum absolute atomic E-state index is 0.168. The van der Waals surface area contributed by atoms with E-state index in [0.717, 1.165) is 5.57 Å². The Balaban J connectivity index is 1.80. The molecule has 1 unspecified atom stereocenters. The van der Waals surface area contributed by atoms with E-state index in [2.05, 4.69) is 19.2 Å². The highest BCUT2D eigenvalue weighted by molar-refractivity contribution is 6.53. The third-order valence-corrected chi connectivity index (χ3v) is 6.63. The second kappa shape index (κ2) is 3.80. The van der Waals surface area contributed by atoms with Crippen LogP contribution in [-0.4, -0.2) is 16.0 Å². The van der Waals surface area contributed by atoms with Gasteiger partial charge in [-0.15, -0.1) is 23.2 Å². The van der Waals surface area contributed by atoms with E-state index in [1.54, 1.807) is 13.8 Å². The van der Waals surface area contributed by atoms with Gasteiger partial charge in [-0.1, -0.05) is 13.8 Å². The van der Waals surface area contributed by atoms with Gasteiger partial charge in [0.2, 0.25) is 5.91 Å². The Kier molecular flexibility index (Phi) is 2.74. The largest absolute Gasteiger partial charge is 0.329 e. The molecule has 0 saturated heterocycles. The van der Waals surface area contributed by atoms with Crippen LogP contribution in [0, 0.1) is 22.7 Å². The van der Waals surface area contributed by atoms with Crippen molar-refractivity contribution >= 4 is 34.9 Å². The first-order valence-electron chi connectivity index (χ1n) is 6.95. The lowest BCUT2D eigenvalue weighted by Gasteiger charge is -2.16. The quantitative estimate of drug-likeness (QED) is 0.628. The summed E-state index contributed by atoms with van der Waals surface area (Å²) in [6, 6.07) is 0. The molecule has 20 heavy (non-hydrogen) atoms. The van der Waals surface area contributed by atoms with Crippen LogP contribution in [0.25, 0.3) is 0 Å². The van der Waals surface area contributed by atoms with Gasteiger partial charge in [0, 0.05) is 17.7 Å². The fourth-order valence-electron chi connectivity index (χ4n) is 3.65. The molecule has 0 aromatic heterocycles. The molecule has 3 fully saturated rings. The number of nitrogens with one attached hydrogen (secondary N) is 1. The molecule has 3 atom stereocenters. The Hall–Kier alpha value is -0.540. The maximum atomic E-state index is 12.3. The van der Waals surface area contributed by atoms with Crippen LogP contribution >= 0.6 is 23.2 Å². The van der Waals surface area contributed by atoms with Crippen molar-refractivity contribution in [1.82, 2.24) is 5.32 Å². The van der Waals surface area contributed by atoms with Gasteiger partial charge in [-0.25, -0.2) is 0 Å². The zero-order chi connectivity index (χ0) is 15.1. The molecular formula is C15H19Cl2NO2. The number of hydrogen-bond donors (Lipinski definition) is 1. The van der Waals surface area contributed by atoms with E-state index in [-0.39, 0.29) is 17.1 Å². The van der Waals surface area contributed by atoms with Crippen LogP contribution in [0.5, 0.6) is 0 Å². The van der Waals surface area contributed by atoms with Crippen molar-refractivity contribution in [3.05, 3.63) is 11.3 Å². The molecule has 110 valence electrons. The fourth-order valence-corrected chi connectivity index (χ4v) is 4.35. The van der Waals surface area contributed by atoms with Gasteiger partial charge in [0.05, 0.1) is 5.41 Å². The number of fused-ring (bicyclic) bond motifs is 1. The van der Waals surface area contributed by atoms with Crippen molar-refractivity contribution in [3.63, 3.8) is 0 Å². The number of Topliss-reactive ketones (excluding diaryl/α,β-unsaturated/α-hetero) is 1. The summed E-state index contributed by atoms with van der Waals surface area (Å²) in [6.45, 7) is 7.90. The summed E-state index contributed by atoms with van der Waals surface area (Å²) in [6.07, 6.45) is 1.05. The summed E-state index contributed by atoms with van der Waals surface area (Å²) in [5.74, 6) is 0.705. The summed E-state index contributed by atoms with van der Waals surface area (Å²) in [7, 11) is 0. The Labute approximate surface area is 129 Å². The molecule has 0 aliphatic heterocycles. The summed E-state index contributed by atoms with van der Waals surface area (Å²) >= 11 is 12.0. The number of amides is 1. The topological polar surface area (TPSA) is 46.2 Å². The highest BCUT2D eigenvalue weighted by Crippen LogP contribution is 2.68. The van der Waals surface area contributed by atoms with E-state index in [1.165, 1.54) is 0 Å². The first-order valence-corrected chi connectivity index (χ1v) is 7.71. The highest BCUT2D eigenvalue weighted by Gasteiger charge is 2.68. The zero-order valence-corrected chi connectivity index (χ0v) is 13.7. The highest BCUT2D eigenvalue weighted by atomic mass is 35.5. The molecule has 0 heterocycles. The predicted molar refractivity (Wildman–Crippen MR) is 78.4 cm³/mol. The molecule has 0 aromatic carbocycles. The molecule has 3 saturated carbocycles. The molecular weight excluding hydrogens is 297 g/mol. The summed E-state index contributed by atoms with van der Waals surface area (Å²) in [4.78, 5) is 24.3. The van der Waals surface area contributed by atoms with Crippen LogP contribution in [0.15, 0.2) is 11.3 Å². The van der Waals surface area contributed by atoms with Crippen molar-refractivity contribution in [2.75, 3.05) is 0 Å². The fraction of sp³-hybridized carbons (Fsp3) is 0.733. The normalized spacial score (nSPS) is 42.0. The first kappa shape index (κ1) is 14.4.